The summed E-state index contributed by atoms with van der Waals surface area (Å²) in [6.45, 7) is 5.81. The number of nitrogens with zero attached hydrogens (tertiary/aromatic N) is 1. The van der Waals surface area contributed by atoms with Crippen LogP contribution in [0.1, 0.15) is 33.1 Å². The van der Waals surface area contributed by atoms with E-state index in [0.717, 1.165) is 6.54 Å². The Morgan fingerprint density at radius 2 is 2.00 bits per heavy atom. The summed E-state index contributed by atoms with van der Waals surface area (Å²) in [6, 6.07) is 4.19. The lowest BCUT2D eigenvalue weighted by Gasteiger charge is -2.27. The molecule has 0 amide bonds. The minimum absolute atomic E-state index is 0.329. The second-order valence-electron chi connectivity index (χ2n) is 4.86. The molecule has 1 aliphatic carbocycles. The summed E-state index contributed by atoms with van der Waals surface area (Å²) in [5.74, 6) is 0. The highest BCUT2D eigenvalue weighted by Gasteiger charge is 2.24. The first kappa shape index (κ1) is 9.57. The Morgan fingerprint density at radius 3 is 2.57 bits per heavy atom. The van der Waals surface area contributed by atoms with Crippen molar-refractivity contribution in [3.05, 3.63) is 36.2 Å². The monoisotopic (exact) mass is 189 g/mol. The van der Waals surface area contributed by atoms with E-state index in [1.807, 2.05) is 0 Å². The highest BCUT2D eigenvalue weighted by Crippen LogP contribution is 2.35. The average molecular weight is 189 g/mol. The lowest BCUT2D eigenvalue weighted by molar-refractivity contribution is 0.364. The molecule has 1 aromatic rings. The molecular formula is C13H19N. The first-order valence-electron chi connectivity index (χ1n) is 5.49. The van der Waals surface area contributed by atoms with Crippen LogP contribution in [-0.4, -0.2) is 4.57 Å². The molecule has 0 spiro atoms. The Balaban J connectivity index is 2.08. The average Bonchev–Trinajstić information content (AvgIpc) is 2.71. The van der Waals surface area contributed by atoms with Crippen molar-refractivity contribution in [2.75, 3.05) is 0 Å². The van der Waals surface area contributed by atoms with Gasteiger partial charge in [0.2, 0.25) is 0 Å². The van der Waals surface area contributed by atoms with Gasteiger partial charge >= 0.3 is 0 Å². The van der Waals surface area contributed by atoms with Crippen LogP contribution in [0.15, 0.2) is 36.2 Å². The number of hydrogen-bond acceptors (Lipinski definition) is 0. The molecule has 0 aliphatic heterocycles. The van der Waals surface area contributed by atoms with E-state index < -0.39 is 0 Å². The predicted octanol–water partition coefficient (Wildman–Crippen LogP) is 3.62. The largest absolute Gasteiger partial charge is 0.353 e. The second kappa shape index (κ2) is 3.64. The first-order chi connectivity index (χ1) is 6.68. The molecule has 1 heterocycles. The molecule has 76 valence electrons. The molecule has 0 unspecified atom stereocenters. The van der Waals surface area contributed by atoms with Gasteiger partial charge in [0.15, 0.2) is 0 Å². The molecule has 0 aromatic carbocycles. The summed E-state index contributed by atoms with van der Waals surface area (Å²) in [5.41, 5.74) is 1.97. The van der Waals surface area contributed by atoms with Crippen LogP contribution in [0.2, 0.25) is 0 Å². The van der Waals surface area contributed by atoms with Crippen molar-refractivity contribution in [2.24, 2.45) is 5.41 Å². The molecule has 0 saturated heterocycles. The molecule has 1 aliphatic rings. The molecule has 0 fully saturated rings. The van der Waals surface area contributed by atoms with Crippen LogP contribution in [0.3, 0.4) is 0 Å². The van der Waals surface area contributed by atoms with E-state index in [4.69, 9.17) is 0 Å². The maximum absolute atomic E-state index is 2.43. The van der Waals surface area contributed by atoms with Crippen LogP contribution in [0.4, 0.5) is 0 Å². The van der Waals surface area contributed by atoms with Gasteiger partial charge in [-0.15, -0.1) is 0 Å². The van der Waals surface area contributed by atoms with Gasteiger partial charge in [0, 0.05) is 24.4 Å². The van der Waals surface area contributed by atoms with Gasteiger partial charge in [-0.25, -0.2) is 0 Å². The zero-order valence-corrected chi connectivity index (χ0v) is 9.16. The highest BCUT2D eigenvalue weighted by atomic mass is 14.9. The highest BCUT2D eigenvalue weighted by molar-refractivity contribution is 5.16. The van der Waals surface area contributed by atoms with Gasteiger partial charge in [-0.2, -0.15) is 0 Å². The molecule has 14 heavy (non-hydrogen) atoms. The van der Waals surface area contributed by atoms with E-state index in [1.165, 1.54) is 19.3 Å². The molecular weight excluding hydrogens is 170 g/mol. The van der Waals surface area contributed by atoms with Crippen molar-refractivity contribution >= 4 is 0 Å². The fourth-order valence-corrected chi connectivity index (χ4v) is 2.32. The molecule has 1 heteroatoms. The lowest BCUT2D eigenvalue weighted by Crippen LogP contribution is -2.20. The van der Waals surface area contributed by atoms with Crippen molar-refractivity contribution < 1.29 is 0 Å². The Kier molecular flexibility index (Phi) is 2.49. The fraction of sp³-hybridized carbons (Fsp3) is 0.538. The van der Waals surface area contributed by atoms with Crippen molar-refractivity contribution in [1.82, 2.24) is 4.57 Å². The van der Waals surface area contributed by atoms with Gasteiger partial charge in [0.1, 0.15) is 0 Å². The van der Waals surface area contributed by atoms with Crippen LogP contribution >= 0.6 is 0 Å². The van der Waals surface area contributed by atoms with Gasteiger partial charge in [0.25, 0.3) is 0 Å². The Morgan fingerprint density at radius 1 is 1.29 bits per heavy atom. The van der Waals surface area contributed by atoms with E-state index >= 15 is 0 Å². The number of allylic oxidation sites excluding steroid dienone is 2. The summed E-state index contributed by atoms with van der Waals surface area (Å²) in [7, 11) is 0. The van der Waals surface area contributed by atoms with Crippen LogP contribution in [0, 0.1) is 5.41 Å². The number of aromatic nitrogens is 1. The minimum atomic E-state index is 0.329. The minimum Gasteiger partial charge on any atom is -0.353 e. The Hall–Kier alpha value is -0.980. The molecule has 1 nitrogen and oxygen atoms in total. The van der Waals surface area contributed by atoms with Crippen LogP contribution in [0.25, 0.3) is 0 Å². The lowest BCUT2D eigenvalue weighted by atomic mass is 9.83. The molecule has 0 bridgehead atoms. The van der Waals surface area contributed by atoms with Crippen LogP contribution in [-0.2, 0) is 6.54 Å². The van der Waals surface area contributed by atoms with E-state index in [-0.39, 0.29) is 0 Å². The first-order valence-corrected chi connectivity index (χ1v) is 5.49. The fourth-order valence-electron chi connectivity index (χ4n) is 2.32. The third-order valence-corrected chi connectivity index (χ3v) is 3.15. The van der Waals surface area contributed by atoms with Gasteiger partial charge in [-0.1, -0.05) is 25.5 Å². The number of rotatable bonds is 3. The van der Waals surface area contributed by atoms with Gasteiger partial charge in [-0.3, -0.25) is 0 Å². The zero-order chi connectivity index (χ0) is 10.0. The van der Waals surface area contributed by atoms with Crippen LogP contribution in [0.5, 0.6) is 0 Å². The zero-order valence-electron chi connectivity index (χ0n) is 9.16. The maximum atomic E-state index is 2.43. The van der Waals surface area contributed by atoms with E-state index in [2.05, 4.69) is 49.0 Å². The van der Waals surface area contributed by atoms with Gasteiger partial charge < -0.3 is 4.57 Å². The normalized spacial score (nSPS) is 17.1. The van der Waals surface area contributed by atoms with E-state index in [9.17, 15) is 0 Å². The summed E-state index contributed by atoms with van der Waals surface area (Å²) in [5, 5.41) is 0. The molecule has 0 atom stereocenters. The molecule has 1 aromatic heterocycles. The quantitative estimate of drug-likeness (QED) is 0.640. The summed E-state index contributed by atoms with van der Waals surface area (Å²) in [6.07, 6.45) is 10.7. The Bertz CT molecular complexity index is 317. The second-order valence-corrected chi connectivity index (χ2v) is 4.86. The summed E-state index contributed by atoms with van der Waals surface area (Å²) >= 11 is 0. The van der Waals surface area contributed by atoms with Crippen LogP contribution < -0.4 is 0 Å². The van der Waals surface area contributed by atoms with Crippen molar-refractivity contribution in [1.29, 1.82) is 0 Å². The van der Waals surface area contributed by atoms with Crippen molar-refractivity contribution in [3.63, 3.8) is 0 Å². The third-order valence-electron chi connectivity index (χ3n) is 3.15. The third kappa shape index (κ3) is 1.92. The molecule has 2 rings (SSSR count). The van der Waals surface area contributed by atoms with Crippen molar-refractivity contribution in [2.45, 2.75) is 39.7 Å². The van der Waals surface area contributed by atoms with Crippen molar-refractivity contribution in [3.8, 4) is 0 Å². The summed E-state index contributed by atoms with van der Waals surface area (Å²) in [4.78, 5) is 0. The van der Waals surface area contributed by atoms with Gasteiger partial charge in [-0.05, 0) is 31.4 Å². The molecule has 0 N–H and O–H groups in total. The topological polar surface area (TPSA) is 4.93 Å². The maximum Gasteiger partial charge on any atom is 0.0308 e. The predicted molar refractivity (Wildman–Crippen MR) is 60.1 cm³/mol. The van der Waals surface area contributed by atoms with E-state index in [1.54, 1.807) is 5.57 Å². The van der Waals surface area contributed by atoms with Gasteiger partial charge in [0.05, 0.1) is 0 Å². The molecule has 0 saturated carbocycles. The number of hydrogen-bond donors (Lipinski definition) is 0. The summed E-state index contributed by atoms with van der Waals surface area (Å²) < 4.78 is 2.28. The SMILES string of the molecule is CC(C)(Cn1cccc1)C1=CCCC1. The smallest absolute Gasteiger partial charge is 0.0308 e. The van der Waals surface area contributed by atoms with E-state index in [0.29, 0.717) is 5.41 Å². The molecule has 0 radical (unpaired) electrons. The standard InChI is InChI=1S/C13H19N/c1-13(2,12-7-3-4-8-12)11-14-9-5-6-10-14/h5-7,9-10H,3-4,8,11H2,1-2H3. The Labute approximate surface area is 86.4 Å².